The average molecular weight is 272 g/mol. The number of rotatable bonds is 0. The van der Waals surface area contributed by atoms with Crippen LogP contribution < -0.4 is 0 Å². The Balaban J connectivity index is -0.0000000146. The Morgan fingerprint density at radius 3 is 0.846 bits per heavy atom. The number of hydrogen-bond acceptors (Lipinski definition) is 2. The fourth-order valence-corrected chi connectivity index (χ4v) is 0. The van der Waals surface area contributed by atoms with Crippen molar-refractivity contribution in [2.75, 3.05) is 0 Å². The van der Waals surface area contributed by atoms with Crippen LogP contribution in [0.15, 0.2) is 0 Å². The van der Waals surface area contributed by atoms with E-state index in [1.807, 2.05) is 0 Å². The Hall–Kier alpha value is 3.73. The third-order valence-electron chi connectivity index (χ3n) is 0. The van der Waals surface area contributed by atoms with Crippen LogP contribution in [0.2, 0.25) is 0 Å². The molecule has 7 nitrogen and oxygen atoms in total. The first-order valence-corrected chi connectivity index (χ1v) is 4.30. The van der Waals surface area contributed by atoms with E-state index >= 15 is 0 Å². The normalized spacial score (nSPS) is 6.38. The van der Waals surface area contributed by atoms with Crippen molar-refractivity contribution in [3.05, 3.63) is 0 Å². The van der Waals surface area contributed by atoms with Gasteiger partial charge in [0.25, 0.3) is 0 Å². The SMILES string of the molecule is O=P(O)(O)O.O=[Si](O)O.[NaH].[NaH].[NaH].[NaH]. The van der Waals surface area contributed by atoms with Crippen LogP contribution in [0.25, 0.3) is 0 Å². The van der Waals surface area contributed by atoms with Gasteiger partial charge < -0.3 is 24.3 Å². The van der Waals surface area contributed by atoms with E-state index in [0.29, 0.717) is 0 Å². The summed E-state index contributed by atoms with van der Waals surface area (Å²) < 4.78 is 17.6. The maximum atomic E-state index is 8.88. The van der Waals surface area contributed by atoms with Gasteiger partial charge in [-0.05, 0) is 0 Å². The second-order valence-corrected chi connectivity index (χ2v) is 2.39. The molecule has 0 aliphatic rings. The van der Waals surface area contributed by atoms with Gasteiger partial charge in [-0.15, -0.1) is 0 Å². The summed E-state index contributed by atoms with van der Waals surface area (Å²) in [4.78, 5) is 35.9. The van der Waals surface area contributed by atoms with E-state index in [2.05, 4.69) is 0 Å². The van der Waals surface area contributed by atoms with Gasteiger partial charge in [0.1, 0.15) is 0 Å². The first-order chi connectivity index (χ1) is 3.73. The van der Waals surface area contributed by atoms with Crippen molar-refractivity contribution < 1.29 is 33.3 Å². The fraction of sp³-hybridized carbons (Fsp3) is 0. The molecule has 0 aromatic rings. The summed E-state index contributed by atoms with van der Waals surface area (Å²) in [6.45, 7) is 0. The van der Waals surface area contributed by atoms with Gasteiger partial charge in [-0.1, -0.05) is 0 Å². The Bertz CT molecular complexity index is 120. The molecular formula is H9Na4O7PSi. The first-order valence-electron chi connectivity index (χ1n) is 1.43. The van der Waals surface area contributed by atoms with Crippen LogP contribution in [-0.2, 0) is 9.03 Å². The van der Waals surface area contributed by atoms with Crippen LogP contribution >= 0.6 is 7.82 Å². The van der Waals surface area contributed by atoms with Crippen molar-refractivity contribution in [1.82, 2.24) is 0 Å². The average Bonchev–Trinajstić information content (AvgIpc) is 1.19. The molecule has 0 saturated heterocycles. The molecule has 0 rings (SSSR count). The van der Waals surface area contributed by atoms with Gasteiger partial charge in [0, 0.05) is 0 Å². The Kier molecular flexibility index (Phi) is 58.2. The van der Waals surface area contributed by atoms with Crippen LogP contribution in [0, 0.1) is 0 Å². The molecule has 0 aliphatic heterocycles. The van der Waals surface area contributed by atoms with Crippen molar-refractivity contribution >= 4 is 135 Å². The molecule has 0 amide bonds. The van der Waals surface area contributed by atoms with E-state index in [4.69, 9.17) is 33.3 Å². The molecule has 0 fully saturated rings. The van der Waals surface area contributed by atoms with E-state index in [1.54, 1.807) is 0 Å². The van der Waals surface area contributed by atoms with Crippen LogP contribution in [0.4, 0.5) is 0 Å². The van der Waals surface area contributed by atoms with Crippen LogP contribution in [-0.4, -0.2) is 152 Å². The summed E-state index contributed by atoms with van der Waals surface area (Å²) in [5.41, 5.74) is 0. The van der Waals surface area contributed by atoms with E-state index < -0.39 is 17.0 Å². The van der Waals surface area contributed by atoms with Crippen molar-refractivity contribution in [3.63, 3.8) is 0 Å². The number of phosphoric acid groups is 1. The molecule has 0 atom stereocenters. The molecule has 64 valence electrons. The Morgan fingerprint density at radius 1 is 0.846 bits per heavy atom. The first kappa shape index (κ1) is 36.0. The van der Waals surface area contributed by atoms with Crippen molar-refractivity contribution in [2.24, 2.45) is 0 Å². The zero-order valence-electron chi connectivity index (χ0n) is 4.00. The molecule has 0 radical (unpaired) electrons. The third kappa shape index (κ3) is 213. The summed E-state index contributed by atoms with van der Waals surface area (Å²) in [5.74, 6) is 0. The summed E-state index contributed by atoms with van der Waals surface area (Å²) in [7, 11) is -7.77. The zero-order valence-corrected chi connectivity index (χ0v) is 5.89. The minimum atomic E-state index is -4.64. The van der Waals surface area contributed by atoms with Crippen molar-refractivity contribution in [1.29, 1.82) is 0 Å². The number of hydrogen-bond donors (Lipinski definition) is 5. The second kappa shape index (κ2) is 21.1. The molecule has 13 heteroatoms. The van der Waals surface area contributed by atoms with Gasteiger partial charge in [0.2, 0.25) is 0 Å². The molecular weight excluding hydrogens is 263 g/mol. The molecule has 0 aromatic carbocycles. The second-order valence-electron chi connectivity index (χ2n) is 0.796. The monoisotopic (exact) mass is 272 g/mol. The topological polar surface area (TPSA) is 135 Å². The molecule has 0 saturated carbocycles. The molecule has 0 aromatic heterocycles. The maximum absolute atomic E-state index is 8.88. The van der Waals surface area contributed by atoms with E-state index in [0.717, 1.165) is 0 Å². The van der Waals surface area contributed by atoms with Crippen LogP contribution in [0.5, 0.6) is 0 Å². The van der Waals surface area contributed by atoms with Crippen molar-refractivity contribution in [2.45, 2.75) is 0 Å². The van der Waals surface area contributed by atoms with Gasteiger partial charge in [0.05, 0.1) is 0 Å². The van der Waals surface area contributed by atoms with Gasteiger partial charge in [-0.25, -0.2) is 4.57 Å². The zero-order chi connectivity index (χ0) is 8.08. The predicted octanol–water partition coefficient (Wildman–Crippen LogP) is -5.14. The molecule has 0 aliphatic carbocycles. The molecule has 0 bridgehead atoms. The van der Waals surface area contributed by atoms with E-state index in [9.17, 15) is 0 Å². The summed E-state index contributed by atoms with van der Waals surface area (Å²) in [5, 5.41) is 0. The predicted molar refractivity (Wildman–Crippen MR) is 53.7 cm³/mol. The van der Waals surface area contributed by atoms with E-state index in [-0.39, 0.29) is 118 Å². The standard InChI is InChI=1S/4Na.H3O4P.H2O3Si.4H/c;;;;1-5(2,3)4;1-4(2)3;;;;/h;;;;(H3,1,2,3,4);1-2H;;;;. The van der Waals surface area contributed by atoms with Gasteiger partial charge in [0.15, 0.2) is 0 Å². The Labute approximate surface area is 165 Å². The Morgan fingerprint density at radius 2 is 0.846 bits per heavy atom. The minimum absolute atomic E-state index is 0. The van der Waals surface area contributed by atoms with Crippen molar-refractivity contribution in [3.8, 4) is 0 Å². The third-order valence-corrected chi connectivity index (χ3v) is 0. The molecule has 5 N–H and O–H groups in total. The van der Waals surface area contributed by atoms with Crippen LogP contribution in [0.3, 0.4) is 0 Å². The summed E-state index contributed by atoms with van der Waals surface area (Å²) in [6, 6.07) is 0. The van der Waals surface area contributed by atoms with Crippen LogP contribution in [0.1, 0.15) is 0 Å². The summed E-state index contributed by atoms with van der Waals surface area (Å²) >= 11 is 0. The van der Waals surface area contributed by atoms with E-state index in [1.165, 1.54) is 0 Å². The molecule has 0 heterocycles. The fourth-order valence-electron chi connectivity index (χ4n) is 0. The van der Waals surface area contributed by atoms with Gasteiger partial charge in [-0.2, -0.15) is 0 Å². The molecule has 0 unspecified atom stereocenters. The van der Waals surface area contributed by atoms with Gasteiger partial charge >= 0.3 is 135 Å². The quantitative estimate of drug-likeness (QED) is 0.220. The molecule has 13 heavy (non-hydrogen) atoms. The molecule has 0 spiro atoms. The summed E-state index contributed by atoms with van der Waals surface area (Å²) in [6.07, 6.45) is 0. The van der Waals surface area contributed by atoms with Gasteiger partial charge in [-0.3, -0.25) is 4.46 Å².